The second-order valence-electron chi connectivity index (χ2n) is 4.18. The number of aliphatic imine (C=N–C) groups is 1. The molecule has 0 atom stereocenters. The molecule has 0 bridgehead atoms. The van der Waals surface area contributed by atoms with E-state index in [1.54, 1.807) is 12.1 Å². The number of nitrogens with two attached hydrogens (primary N) is 1. The van der Waals surface area contributed by atoms with E-state index in [4.69, 9.17) is 15.2 Å². The quantitative estimate of drug-likeness (QED) is 0.264. The van der Waals surface area contributed by atoms with Gasteiger partial charge in [-0.1, -0.05) is 6.07 Å². The number of aromatic hydroxyl groups is 1. The zero-order chi connectivity index (χ0) is 14.8. The lowest BCUT2D eigenvalue weighted by molar-refractivity contribution is 0.145. The number of hydrogen-bond donors (Lipinski definition) is 3. The summed E-state index contributed by atoms with van der Waals surface area (Å²) in [5.41, 5.74) is 6.60. The molecule has 1 aromatic carbocycles. The van der Waals surface area contributed by atoms with E-state index >= 15 is 0 Å². The molecule has 120 valence electrons. The molecule has 0 aliphatic rings. The Balaban J connectivity index is 0.00000400. The number of benzene rings is 1. The van der Waals surface area contributed by atoms with E-state index < -0.39 is 0 Å². The number of hydrogen-bond acceptors (Lipinski definition) is 4. The third-order valence-electron chi connectivity index (χ3n) is 2.65. The molecular formula is C14H24IN3O3. The first-order chi connectivity index (χ1) is 9.67. The Hall–Kier alpha value is -1.22. The van der Waals surface area contributed by atoms with Gasteiger partial charge < -0.3 is 25.6 Å². The molecule has 0 fully saturated rings. The Labute approximate surface area is 142 Å². The predicted octanol–water partition coefficient (Wildman–Crippen LogP) is 1.85. The van der Waals surface area contributed by atoms with Crippen LogP contribution in [0.15, 0.2) is 23.2 Å². The van der Waals surface area contributed by atoms with Crippen molar-refractivity contribution in [1.82, 2.24) is 5.32 Å². The van der Waals surface area contributed by atoms with Crippen molar-refractivity contribution in [2.24, 2.45) is 10.7 Å². The van der Waals surface area contributed by atoms with Crippen LogP contribution in [0.3, 0.4) is 0 Å². The minimum atomic E-state index is 0. The maximum absolute atomic E-state index is 9.65. The molecule has 7 heteroatoms. The number of methoxy groups -OCH3 is 1. The molecule has 0 spiro atoms. The molecule has 1 aromatic rings. The average Bonchev–Trinajstić information content (AvgIpc) is 2.45. The van der Waals surface area contributed by atoms with Gasteiger partial charge in [0.2, 0.25) is 0 Å². The lowest BCUT2D eigenvalue weighted by Crippen LogP contribution is -2.32. The molecule has 0 radical (unpaired) electrons. The number of nitrogens with zero attached hydrogens (tertiary/aromatic N) is 1. The zero-order valence-electron chi connectivity index (χ0n) is 12.5. The number of guanidine groups is 1. The monoisotopic (exact) mass is 409 g/mol. The molecule has 0 unspecified atom stereocenters. The molecule has 0 aromatic heterocycles. The van der Waals surface area contributed by atoms with E-state index in [0.717, 1.165) is 25.1 Å². The molecule has 0 aliphatic heterocycles. The third-order valence-corrected chi connectivity index (χ3v) is 2.65. The molecule has 6 nitrogen and oxygen atoms in total. The van der Waals surface area contributed by atoms with Gasteiger partial charge in [0.1, 0.15) is 0 Å². The van der Waals surface area contributed by atoms with Crippen LogP contribution < -0.4 is 15.8 Å². The fraction of sp³-hybridized carbons (Fsp3) is 0.500. The van der Waals surface area contributed by atoms with Crippen LogP contribution in [-0.4, -0.2) is 37.9 Å². The van der Waals surface area contributed by atoms with Crippen LogP contribution in [0.25, 0.3) is 0 Å². The van der Waals surface area contributed by atoms with Crippen LogP contribution in [0.1, 0.15) is 18.9 Å². The fourth-order valence-corrected chi connectivity index (χ4v) is 1.60. The topological polar surface area (TPSA) is 89.1 Å². The summed E-state index contributed by atoms with van der Waals surface area (Å²) in [6.45, 7) is 4.53. The SMILES string of the molecule is CCOCCCNC(N)=NCc1ccc(OC)c(O)c1.I. The smallest absolute Gasteiger partial charge is 0.188 e. The molecule has 21 heavy (non-hydrogen) atoms. The zero-order valence-corrected chi connectivity index (χ0v) is 14.8. The van der Waals surface area contributed by atoms with Crippen LogP contribution in [0.5, 0.6) is 11.5 Å². The normalized spacial score (nSPS) is 10.9. The second-order valence-corrected chi connectivity index (χ2v) is 4.18. The first-order valence-electron chi connectivity index (χ1n) is 6.64. The van der Waals surface area contributed by atoms with Crippen molar-refractivity contribution < 1.29 is 14.6 Å². The van der Waals surface area contributed by atoms with Crippen molar-refractivity contribution in [3.8, 4) is 11.5 Å². The van der Waals surface area contributed by atoms with Gasteiger partial charge in [-0.15, -0.1) is 24.0 Å². The summed E-state index contributed by atoms with van der Waals surface area (Å²) < 4.78 is 10.2. The van der Waals surface area contributed by atoms with Crippen LogP contribution in [-0.2, 0) is 11.3 Å². The van der Waals surface area contributed by atoms with Crippen LogP contribution in [0.2, 0.25) is 0 Å². The lowest BCUT2D eigenvalue weighted by atomic mass is 10.2. The van der Waals surface area contributed by atoms with Gasteiger partial charge in [0.15, 0.2) is 17.5 Å². The van der Waals surface area contributed by atoms with E-state index in [-0.39, 0.29) is 29.7 Å². The van der Waals surface area contributed by atoms with Gasteiger partial charge in [-0.2, -0.15) is 0 Å². The minimum absolute atomic E-state index is 0. The molecular weight excluding hydrogens is 385 g/mol. The van der Waals surface area contributed by atoms with Crippen LogP contribution in [0, 0.1) is 0 Å². The van der Waals surface area contributed by atoms with Crippen molar-refractivity contribution in [2.45, 2.75) is 19.9 Å². The van der Waals surface area contributed by atoms with E-state index in [1.165, 1.54) is 7.11 Å². The maximum Gasteiger partial charge on any atom is 0.188 e. The molecule has 0 heterocycles. The number of rotatable bonds is 8. The molecule has 4 N–H and O–H groups in total. The van der Waals surface area contributed by atoms with Gasteiger partial charge in [0.25, 0.3) is 0 Å². The van der Waals surface area contributed by atoms with Crippen molar-refractivity contribution in [2.75, 3.05) is 26.9 Å². The molecule has 0 amide bonds. The molecule has 0 saturated heterocycles. The summed E-state index contributed by atoms with van der Waals surface area (Å²) in [5, 5.41) is 12.7. The lowest BCUT2D eigenvalue weighted by Gasteiger charge is -2.07. The van der Waals surface area contributed by atoms with Crippen molar-refractivity contribution >= 4 is 29.9 Å². The molecule has 0 saturated carbocycles. The highest BCUT2D eigenvalue weighted by Crippen LogP contribution is 2.26. The predicted molar refractivity (Wildman–Crippen MR) is 94.5 cm³/mol. The van der Waals surface area contributed by atoms with Gasteiger partial charge in [0.05, 0.1) is 13.7 Å². The van der Waals surface area contributed by atoms with Gasteiger partial charge in [0, 0.05) is 19.8 Å². The highest BCUT2D eigenvalue weighted by atomic mass is 127. The number of phenols is 1. The van der Waals surface area contributed by atoms with E-state index in [1.807, 2.05) is 13.0 Å². The molecule has 1 rings (SSSR count). The van der Waals surface area contributed by atoms with Crippen molar-refractivity contribution in [1.29, 1.82) is 0 Å². The highest BCUT2D eigenvalue weighted by molar-refractivity contribution is 14.0. The van der Waals surface area contributed by atoms with E-state index in [0.29, 0.717) is 24.9 Å². The Morgan fingerprint density at radius 3 is 2.81 bits per heavy atom. The summed E-state index contributed by atoms with van der Waals surface area (Å²) in [6, 6.07) is 5.15. The average molecular weight is 409 g/mol. The highest BCUT2D eigenvalue weighted by Gasteiger charge is 2.02. The summed E-state index contributed by atoms with van der Waals surface area (Å²) in [6.07, 6.45) is 0.882. The summed E-state index contributed by atoms with van der Waals surface area (Å²) in [7, 11) is 1.51. The second kappa shape index (κ2) is 11.4. The summed E-state index contributed by atoms with van der Waals surface area (Å²) in [4.78, 5) is 4.20. The van der Waals surface area contributed by atoms with Crippen LogP contribution in [0.4, 0.5) is 0 Å². The van der Waals surface area contributed by atoms with Crippen molar-refractivity contribution in [3.05, 3.63) is 23.8 Å². The third kappa shape index (κ3) is 7.96. The number of ether oxygens (including phenoxy) is 2. The van der Waals surface area contributed by atoms with Gasteiger partial charge in [-0.05, 0) is 31.0 Å². The minimum Gasteiger partial charge on any atom is -0.504 e. The van der Waals surface area contributed by atoms with E-state index in [9.17, 15) is 5.11 Å². The Morgan fingerprint density at radius 2 is 2.19 bits per heavy atom. The van der Waals surface area contributed by atoms with Crippen molar-refractivity contribution in [3.63, 3.8) is 0 Å². The first kappa shape index (κ1) is 19.8. The standard InChI is InChI=1S/C14H23N3O3.HI/c1-3-20-8-4-7-16-14(15)17-10-11-5-6-13(19-2)12(18)9-11;/h5-6,9,18H,3-4,7-8,10H2,1-2H3,(H3,15,16,17);1H. The Kier molecular flexibility index (Phi) is 10.8. The molecule has 0 aliphatic carbocycles. The summed E-state index contributed by atoms with van der Waals surface area (Å²) >= 11 is 0. The fourth-order valence-electron chi connectivity index (χ4n) is 1.60. The summed E-state index contributed by atoms with van der Waals surface area (Å²) in [5.74, 6) is 0.931. The first-order valence-corrected chi connectivity index (χ1v) is 6.64. The number of phenolic OH excluding ortho intramolecular Hbond substituents is 1. The maximum atomic E-state index is 9.65. The number of halogens is 1. The van der Waals surface area contributed by atoms with Gasteiger partial charge in [-0.25, -0.2) is 4.99 Å². The van der Waals surface area contributed by atoms with Gasteiger partial charge >= 0.3 is 0 Å². The van der Waals surface area contributed by atoms with Gasteiger partial charge in [-0.3, -0.25) is 0 Å². The Bertz CT molecular complexity index is 441. The number of nitrogens with one attached hydrogen (secondary N) is 1. The largest absolute Gasteiger partial charge is 0.504 e. The van der Waals surface area contributed by atoms with Crippen LogP contribution >= 0.6 is 24.0 Å². The van der Waals surface area contributed by atoms with E-state index in [2.05, 4.69) is 10.3 Å². The Morgan fingerprint density at radius 1 is 1.43 bits per heavy atom.